The molecule has 0 aliphatic carbocycles. The number of anilines is 2. The molecule has 0 aromatic heterocycles. The second-order valence-corrected chi connectivity index (χ2v) is 8.18. The highest BCUT2D eigenvalue weighted by atomic mass is 35.5. The van der Waals surface area contributed by atoms with Crippen LogP contribution in [0.4, 0.5) is 11.4 Å². The molecule has 0 unspecified atom stereocenters. The molecule has 32 heavy (non-hydrogen) atoms. The lowest BCUT2D eigenvalue weighted by atomic mass is 10.1. The lowest BCUT2D eigenvalue weighted by Crippen LogP contribution is -2.36. The summed E-state index contributed by atoms with van der Waals surface area (Å²) in [5.41, 5.74) is 7.77. The van der Waals surface area contributed by atoms with E-state index >= 15 is 0 Å². The Morgan fingerprint density at radius 1 is 0.969 bits per heavy atom. The van der Waals surface area contributed by atoms with E-state index in [2.05, 4.69) is 10.9 Å². The Kier molecular flexibility index (Phi) is 6.83. The van der Waals surface area contributed by atoms with E-state index in [-0.39, 0.29) is 24.8 Å². The van der Waals surface area contributed by atoms with Crippen LogP contribution in [-0.4, -0.2) is 18.4 Å². The van der Waals surface area contributed by atoms with Crippen LogP contribution in [0.2, 0.25) is 10.0 Å². The summed E-state index contributed by atoms with van der Waals surface area (Å²) in [7, 11) is 0. The number of para-hydroxylation sites is 1. The number of hydrogen-bond acceptors (Lipinski definition) is 4. The third kappa shape index (κ3) is 5.15. The van der Waals surface area contributed by atoms with Gasteiger partial charge in [0.2, 0.25) is 11.8 Å². The molecule has 0 saturated carbocycles. The van der Waals surface area contributed by atoms with Gasteiger partial charge >= 0.3 is 0 Å². The minimum atomic E-state index is -0.418. The number of hydrogen-bond donors (Lipinski definition) is 2. The van der Waals surface area contributed by atoms with Crippen molar-refractivity contribution in [2.24, 2.45) is 5.92 Å². The molecular weight excluding hydrogens is 449 g/mol. The number of nitrogens with one attached hydrogen (secondary N) is 2. The summed E-state index contributed by atoms with van der Waals surface area (Å²) in [5, 5.41) is 1.10. The van der Waals surface area contributed by atoms with Crippen LogP contribution in [0.25, 0.3) is 0 Å². The number of ether oxygens (including phenoxy) is 1. The molecule has 0 radical (unpaired) electrons. The van der Waals surface area contributed by atoms with Gasteiger partial charge in [-0.05, 0) is 48.5 Å². The average molecular weight is 470 g/mol. The second-order valence-electron chi connectivity index (χ2n) is 7.37. The normalized spacial score (nSPS) is 15.5. The van der Waals surface area contributed by atoms with Crippen molar-refractivity contribution in [3.8, 4) is 5.75 Å². The van der Waals surface area contributed by atoms with Crippen LogP contribution in [0.3, 0.4) is 0 Å². The molecule has 4 rings (SSSR count). The number of carbonyl (C=O) groups excluding carboxylic acids is 2. The number of nitrogens with zero attached hydrogens (tertiary/aromatic N) is 1. The fourth-order valence-corrected chi connectivity index (χ4v) is 3.94. The van der Waals surface area contributed by atoms with Gasteiger partial charge in [-0.1, -0.05) is 47.5 Å². The third-order valence-corrected chi connectivity index (χ3v) is 5.90. The maximum Gasteiger partial charge on any atom is 0.243 e. The van der Waals surface area contributed by atoms with Crippen LogP contribution in [-0.2, 0) is 16.2 Å². The summed E-state index contributed by atoms with van der Waals surface area (Å²) in [6.07, 6.45) is 0.180. The molecule has 164 valence electrons. The van der Waals surface area contributed by atoms with Crippen molar-refractivity contribution < 1.29 is 14.3 Å². The highest BCUT2D eigenvalue weighted by molar-refractivity contribution is 6.35. The van der Waals surface area contributed by atoms with Crippen molar-refractivity contribution in [2.75, 3.05) is 16.9 Å². The van der Waals surface area contributed by atoms with Crippen LogP contribution in [0.5, 0.6) is 5.75 Å². The summed E-state index contributed by atoms with van der Waals surface area (Å²) in [6, 6.07) is 21.8. The van der Waals surface area contributed by atoms with Gasteiger partial charge in [0.05, 0.1) is 11.6 Å². The minimum Gasteiger partial charge on any atom is -0.489 e. The van der Waals surface area contributed by atoms with E-state index in [0.29, 0.717) is 28.0 Å². The molecule has 2 N–H and O–H groups in total. The Balaban J connectivity index is 1.28. The first-order chi connectivity index (χ1) is 15.5. The van der Waals surface area contributed by atoms with E-state index in [4.69, 9.17) is 27.9 Å². The van der Waals surface area contributed by atoms with Gasteiger partial charge in [0.1, 0.15) is 12.4 Å². The summed E-state index contributed by atoms with van der Waals surface area (Å²) >= 11 is 12.3. The van der Waals surface area contributed by atoms with Crippen LogP contribution in [0.15, 0.2) is 72.8 Å². The number of carbonyl (C=O) groups is 2. The molecule has 0 bridgehead atoms. The zero-order valence-electron chi connectivity index (χ0n) is 17.1. The van der Waals surface area contributed by atoms with Gasteiger partial charge in [-0.25, -0.2) is 0 Å². The predicted molar refractivity (Wildman–Crippen MR) is 126 cm³/mol. The number of halogens is 2. The molecule has 1 heterocycles. The van der Waals surface area contributed by atoms with Gasteiger partial charge in [0.25, 0.3) is 0 Å². The van der Waals surface area contributed by atoms with Crippen LogP contribution < -0.4 is 20.5 Å². The quantitative estimate of drug-likeness (QED) is 0.474. The Morgan fingerprint density at radius 2 is 1.66 bits per heavy atom. The molecule has 3 aromatic rings. The summed E-state index contributed by atoms with van der Waals surface area (Å²) in [4.78, 5) is 26.5. The van der Waals surface area contributed by atoms with Gasteiger partial charge in [-0.15, -0.1) is 0 Å². The number of benzene rings is 3. The monoisotopic (exact) mass is 469 g/mol. The van der Waals surface area contributed by atoms with E-state index in [1.807, 2.05) is 30.3 Å². The SMILES string of the molecule is O=C(NNc1ccc(OCc2c(Cl)cccc2Cl)cc1)[C@@H]1CC(=O)N(c2ccccc2)C1. The molecule has 2 amide bonds. The van der Waals surface area contributed by atoms with E-state index in [1.54, 1.807) is 47.4 Å². The van der Waals surface area contributed by atoms with Gasteiger partial charge in [0, 0.05) is 34.3 Å². The highest BCUT2D eigenvalue weighted by Gasteiger charge is 2.35. The summed E-state index contributed by atoms with van der Waals surface area (Å²) < 4.78 is 5.75. The lowest BCUT2D eigenvalue weighted by molar-refractivity contribution is -0.125. The minimum absolute atomic E-state index is 0.0588. The standard InChI is InChI=1S/C24H21Cl2N3O3/c25-21-7-4-8-22(26)20(21)15-32-19-11-9-17(10-12-19)27-28-24(31)16-13-23(30)29(14-16)18-5-2-1-3-6-18/h1-12,16,27H,13-15H2,(H,28,31)/t16-/m1/s1. The first kappa shape index (κ1) is 22.0. The summed E-state index contributed by atoms with van der Waals surface area (Å²) in [5.74, 6) is -0.0714. The maximum atomic E-state index is 12.5. The van der Waals surface area contributed by atoms with Gasteiger partial charge in [0.15, 0.2) is 0 Å². The van der Waals surface area contributed by atoms with Crippen molar-refractivity contribution in [2.45, 2.75) is 13.0 Å². The molecule has 6 nitrogen and oxygen atoms in total. The summed E-state index contributed by atoms with van der Waals surface area (Å²) in [6.45, 7) is 0.601. The third-order valence-electron chi connectivity index (χ3n) is 5.19. The molecule has 0 spiro atoms. The number of amides is 2. The van der Waals surface area contributed by atoms with Crippen LogP contribution in [0, 0.1) is 5.92 Å². The Morgan fingerprint density at radius 3 is 2.34 bits per heavy atom. The molecule has 1 atom stereocenters. The lowest BCUT2D eigenvalue weighted by Gasteiger charge is -2.17. The van der Waals surface area contributed by atoms with Crippen LogP contribution >= 0.6 is 23.2 Å². The zero-order chi connectivity index (χ0) is 22.5. The van der Waals surface area contributed by atoms with E-state index in [9.17, 15) is 9.59 Å². The Labute approximate surface area is 196 Å². The molecular formula is C24H21Cl2N3O3. The second kappa shape index (κ2) is 9.94. The molecule has 1 aliphatic heterocycles. The number of rotatable bonds is 7. The maximum absolute atomic E-state index is 12.5. The van der Waals surface area contributed by atoms with Crippen molar-refractivity contribution in [1.29, 1.82) is 0 Å². The smallest absolute Gasteiger partial charge is 0.243 e. The predicted octanol–water partition coefficient (Wildman–Crippen LogP) is 5.07. The fourth-order valence-electron chi connectivity index (χ4n) is 3.44. The van der Waals surface area contributed by atoms with E-state index < -0.39 is 5.92 Å². The van der Waals surface area contributed by atoms with Crippen molar-refractivity contribution in [1.82, 2.24) is 5.43 Å². The zero-order valence-corrected chi connectivity index (χ0v) is 18.6. The van der Waals surface area contributed by atoms with Crippen molar-refractivity contribution in [3.05, 3.63) is 88.4 Å². The Bertz CT molecular complexity index is 1090. The first-order valence-corrected chi connectivity index (χ1v) is 10.8. The molecule has 1 aliphatic rings. The highest BCUT2D eigenvalue weighted by Crippen LogP contribution is 2.27. The first-order valence-electron chi connectivity index (χ1n) is 10.1. The average Bonchev–Trinajstić information content (AvgIpc) is 3.20. The van der Waals surface area contributed by atoms with E-state index in [0.717, 1.165) is 11.3 Å². The number of hydrazine groups is 1. The van der Waals surface area contributed by atoms with Gasteiger partial charge < -0.3 is 9.64 Å². The molecule has 3 aromatic carbocycles. The van der Waals surface area contributed by atoms with E-state index in [1.165, 1.54) is 0 Å². The molecule has 1 fully saturated rings. The van der Waals surface area contributed by atoms with Crippen molar-refractivity contribution in [3.63, 3.8) is 0 Å². The largest absolute Gasteiger partial charge is 0.489 e. The van der Waals surface area contributed by atoms with Gasteiger partial charge in [-0.3, -0.25) is 20.4 Å². The van der Waals surface area contributed by atoms with Crippen LogP contribution in [0.1, 0.15) is 12.0 Å². The molecule has 8 heteroatoms. The molecule has 1 saturated heterocycles. The topological polar surface area (TPSA) is 70.7 Å². The Hall–Kier alpha value is -3.22. The fraction of sp³-hybridized carbons (Fsp3) is 0.167. The van der Waals surface area contributed by atoms with Gasteiger partial charge in [-0.2, -0.15) is 0 Å². The van der Waals surface area contributed by atoms with Crippen molar-refractivity contribution >= 4 is 46.4 Å².